The third-order valence-corrected chi connectivity index (χ3v) is 4.45. The molecule has 1 heterocycles. The topological polar surface area (TPSA) is 47.3 Å². The average Bonchev–Trinajstić information content (AvgIpc) is 2.91. The molecule has 0 aliphatic heterocycles. The van der Waals surface area contributed by atoms with Crippen molar-refractivity contribution in [2.24, 2.45) is 0 Å². The van der Waals surface area contributed by atoms with Crippen molar-refractivity contribution < 1.29 is 9.15 Å². The van der Waals surface area contributed by atoms with Crippen molar-refractivity contribution >= 4 is 23.2 Å². The molecule has 3 rings (SSSR count). The summed E-state index contributed by atoms with van der Waals surface area (Å²) in [6, 6.07) is 11.1. The van der Waals surface area contributed by atoms with Gasteiger partial charge in [-0.2, -0.15) is 0 Å². The van der Waals surface area contributed by atoms with Crippen LogP contribution in [0.5, 0.6) is 11.5 Å². The van der Waals surface area contributed by atoms with Gasteiger partial charge in [-0.05, 0) is 44.3 Å². The lowest BCUT2D eigenvalue weighted by Crippen LogP contribution is -2.06. The molecule has 0 unspecified atom stereocenters. The first-order valence-corrected chi connectivity index (χ1v) is 8.58. The lowest BCUT2D eigenvalue weighted by Gasteiger charge is -2.13. The SMILES string of the molecule is CNCc1cc(-c2oc(C)nc2C)ccc1Oc1ccc(Cl)c(Cl)c1. The number of benzene rings is 2. The van der Waals surface area contributed by atoms with E-state index in [2.05, 4.69) is 10.3 Å². The molecule has 0 radical (unpaired) electrons. The van der Waals surface area contributed by atoms with Gasteiger partial charge < -0.3 is 14.5 Å². The second-order valence-corrected chi connectivity index (χ2v) is 6.49. The van der Waals surface area contributed by atoms with Gasteiger partial charge in [0.15, 0.2) is 11.7 Å². The molecule has 0 saturated heterocycles. The summed E-state index contributed by atoms with van der Waals surface area (Å²) in [5.41, 5.74) is 2.83. The molecule has 0 aliphatic carbocycles. The van der Waals surface area contributed by atoms with E-state index in [9.17, 15) is 0 Å². The fraction of sp³-hybridized carbons (Fsp3) is 0.211. The molecule has 1 N–H and O–H groups in total. The van der Waals surface area contributed by atoms with Crippen molar-refractivity contribution in [2.75, 3.05) is 7.05 Å². The van der Waals surface area contributed by atoms with Gasteiger partial charge >= 0.3 is 0 Å². The number of rotatable bonds is 5. The first-order valence-electron chi connectivity index (χ1n) is 7.82. The highest BCUT2D eigenvalue weighted by Crippen LogP contribution is 2.34. The molecule has 0 aliphatic rings. The Morgan fingerprint density at radius 3 is 2.52 bits per heavy atom. The zero-order valence-electron chi connectivity index (χ0n) is 14.2. The molecule has 0 bridgehead atoms. The number of nitrogens with one attached hydrogen (secondary N) is 1. The molecule has 6 heteroatoms. The Balaban J connectivity index is 1.96. The second kappa shape index (κ2) is 7.48. The Morgan fingerprint density at radius 1 is 1.08 bits per heavy atom. The molecule has 3 aromatic rings. The molecule has 0 saturated carbocycles. The van der Waals surface area contributed by atoms with Gasteiger partial charge in [0.05, 0.1) is 15.7 Å². The highest BCUT2D eigenvalue weighted by atomic mass is 35.5. The minimum absolute atomic E-state index is 0.457. The molecular weight excluding hydrogens is 359 g/mol. The van der Waals surface area contributed by atoms with Crippen LogP contribution in [0.15, 0.2) is 40.8 Å². The van der Waals surface area contributed by atoms with Gasteiger partial charge in [0.1, 0.15) is 11.5 Å². The van der Waals surface area contributed by atoms with Crippen molar-refractivity contribution in [3.63, 3.8) is 0 Å². The van der Waals surface area contributed by atoms with Crippen molar-refractivity contribution in [1.82, 2.24) is 10.3 Å². The standard InChI is InChI=1S/C19H18Cl2N2O2/c1-11-19(24-12(2)23-11)13-4-7-18(14(8-13)10-22-3)25-15-5-6-16(20)17(21)9-15/h4-9,22H,10H2,1-3H3. The van der Waals surface area contributed by atoms with Gasteiger partial charge in [-0.3, -0.25) is 0 Å². The van der Waals surface area contributed by atoms with Gasteiger partial charge in [0, 0.05) is 30.7 Å². The van der Waals surface area contributed by atoms with Crippen LogP contribution in [0, 0.1) is 13.8 Å². The average molecular weight is 377 g/mol. The maximum atomic E-state index is 6.06. The molecule has 2 aromatic carbocycles. The summed E-state index contributed by atoms with van der Waals surface area (Å²) in [6.07, 6.45) is 0. The minimum Gasteiger partial charge on any atom is -0.457 e. The Bertz CT molecular complexity index is 906. The molecule has 25 heavy (non-hydrogen) atoms. The highest BCUT2D eigenvalue weighted by molar-refractivity contribution is 6.42. The van der Waals surface area contributed by atoms with Crippen molar-refractivity contribution in [3.05, 3.63) is 63.6 Å². The van der Waals surface area contributed by atoms with E-state index in [1.807, 2.05) is 39.1 Å². The largest absolute Gasteiger partial charge is 0.457 e. The number of hydrogen-bond acceptors (Lipinski definition) is 4. The van der Waals surface area contributed by atoms with Crippen molar-refractivity contribution in [1.29, 1.82) is 0 Å². The number of aromatic nitrogens is 1. The molecule has 0 spiro atoms. The van der Waals surface area contributed by atoms with Gasteiger partial charge in [0.2, 0.25) is 0 Å². The number of hydrogen-bond donors (Lipinski definition) is 1. The van der Waals surface area contributed by atoms with Gasteiger partial charge in [-0.1, -0.05) is 23.2 Å². The zero-order chi connectivity index (χ0) is 18.0. The third-order valence-electron chi connectivity index (χ3n) is 3.71. The normalized spacial score (nSPS) is 10.9. The third kappa shape index (κ3) is 3.98. The van der Waals surface area contributed by atoms with Gasteiger partial charge in [-0.25, -0.2) is 4.98 Å². The Labute approximate surface area is 156 Å². The Hall–Kier alpha value is -2.01. The molecule has 1 aromatic heterocycles. The van der Waals surface area contributed by atoms with E-state index >= 15 is 0 Å². The van der Waals surface area contributed by atoms with Crippen LogP contribution in [0.1, 0.15) is 17.1 Å². The maximum absolute atomic E-state index is 6.06. The summed E-state index contributed by atoms with van der Waals surface area (Å²) in [5.74, 6) is 2.80. The van der Waals surface area contributed by atoms with E-state index in [1.54, 1.807) is 18.2 Å². The van der Waals surface area contributed by atoms with Gasteiger partial charge in [-0.15, -0.1) is 0 Å². The maximum Gasteiger partial charge on any atom is 0.192 e. The summed E-state index contributed by atoms with van der Waals surface area (Å²) in [5, 5.41) is 4.11. The monoisotopic (exact) mass is 376 g/mol. The number of halogens is 2. The fourth-order valence-electron chi connectivity index (χ4n) is 2.62. The van der Waals surface area contributed by atoms with E-state index in [4.69, 9.17) is 32.4 Å². The van der Waals surface area contributed by atoms with Gasteiger partial charge in [0.25, 0.3) is 0 Å². The summed E-state index contributed by atoms with van der Waals surface area (Å²) in [6.45, 7) is 4.42. The first kappa shape index (κ1) is 17.8. The first-order chi connectivity index (χ1) is 12.0. The smallest absolute Gasteiger partial charge is 0.192 e. The van der Waals surface area contributed by atoms with E-state index in [0.717, 1.165) is 28.3 Å². The van der Waals surface area contributed by atoms with E-state index in [-0.39, 0.29) is 0 Å². The lowest BCUT2D eigenvalue weighted by molar-refractivity contribution is 0.474. The molecule has 0 atom stereocenters. The quantitative estimate of drug-likeness (QED) is 0.613. The van der Waals surface area contributed by atoms with Crippen molar-refractivity contribution in [3.8, 4) is 22.8 Å². The lowest BCUT2D eigenvalue weighted by atomic mass is 10.1. The van der Waals surface area contributed by atoms with E-state index in [1.165, 1.54) is 0 Å². The van der Waals surface area contributed by atoms with Crippen LogP contribution in [0.25, 0.3) is 11.3 Å². The van der Waals surface area contributed by atoms with E-state index < -0.39 is 0 Å². The number of oxazole rings is 1. The summed E-state index contributed by atoms with van der Waals surface area (Å²) >= 11 is 12.0. The highest BCUT2D eigenvalue weighted by Gasteiger charge is 2.13. The molecular formula is C19H18Cl2N2O2. The van der Waals surface area contributed by atoms with Crippen LogP contribution >= 0.6 is 23.2 Å². The van der Waals surface area contributed by atoms with Crippen LogP contribution in [0.3, 0.4) is 0 Å². The second-order valence-electron chi connectivity index (χ2n) is 5.68. The number of ether oxygens (including phenoxy) is 1. The fourth-order valence-corrected chi connectivity index (χ4v) is 2.90. The predicted octanol–water partition coefficient (Wildman–Crippen LogP) is 5.78. The van der Waals surface area contributed by atoms with E-state index in [0.29, 0.717) is 28.2 Å². The number of nitrogens with zero attached hydrogens (tertiary/aromatic N) is 1. The Kier molecular flexibility index (Phi) is 5.33. The summed E-state index contributed by atoms with van der Waals surface area (Å²) < 4.78 is 11.7. The van der Waals surface area contributed by atoms with Crippen LogP contribution in [0.2, 0.25) is 10.0 Å². The van der Waals surface area contributed by atoms with Crippen LogP contribution in [0.4, 0.5) is 0 Å². The molecule has 130 valence electrons. The summed E-state index contributed by atoms with van der Waals surface area (Å²) in [7, 11) is 1.89. The Morgan fingerprint density at radius 2 is 1.88 bits per heavy atom. The van der Waals surface area contributed by atoms with Crippen molar-refractivity contribution in [2.45, 2.75) is 20.4 Å². The van der Waals surface area contributed by atoms with Crippen LogP contribution in [-0.4, -0.2) is 12.0 Å². The predicted molar refractivity (Wildman–Crippen MR) is 101 cm³/mol. The molecule has 4 nitrogen and oxygen atoms in total. The van der Waals surface area contributed by atoms with Crippen LogP contribution < -0.4 is 10.1 Å². The molecule has 0 fully saturated rings. The summed E-state index contributed by atoms with van der Waals surface area (Å²) in [4.78, 5) is 4.33. The molecule has 0 amide bonds. The zero-order valence-corrected chi connectivity index (χ0v) is 15.7. The minimum atomic E-state index is 0.457. The number of aryl methyl sites for hydroxylation is 2. The van der Waals surface area contributed by atoms with Crippen LogP contribution in [-0.2, 0) is 6.54 Å².